The third-order valence-corrected chi connectivity index (χ3v) is 5.06. The van der Waals surface area contributed by atoms with Crippen molar-refractivity contribution in [2.24, 2.45) is 0 Å². The molecule has 0 saturated carbocycles. The molecule has 1 heterocycles. The molecule has 0 spiro atoms. The van der Waals surface area contributed by atoms with E-state index in [9.17, 15) is 10.1 Å². The number of carbonyl (C=O) groups excluding carboxylic acids is 1. The number of nitriles is 1. The summed E-state index contributed by atoms with van der Waals surface area (Å²) >= 11 is 1.30. The first-order valence-corrected chi connectivity index (χ1v) is 8.84. The highest BCUT2D eigenvalue weighted by atomic mass is 32.2. The molecule has 2 rings (SSSR count). The zero-order valence-electron chi connectivity index (χ0n) is 14.4. The molecule has 0 bridgehead atoms. The molecule has 1 N–H and O–H groups in total. The van der Waals surface area contributed by atoms with E-state index in [1.165, 1.54) is 11.8 Å². The lowest BCUT2D eigenvalue weighted by atomic mass is 10.1. The topological polar surface area (TPSA) is 65.8 Å². The lowest BCUT2D eigenvalue weighted by Gasteiger charge is -2.12. The van der Waals surface area contributed by atoms with Gasteiger partial charge >= 0.3 is 0 Å². The highest BCUT2D eigenvalue weighted by Crippen LogP contribution is 2.26. The molecule has 0 aliphatic rings. The van der Waals surface area contributed by atoms with Crippen LogP contribution in [0.5, 0.6) is 0 Å². The minimum absolute atomic E-state index is 0.0949. The Labute approximate surface area is 147 Å². The zero-order valence-corrected chi connectivity index (χ0v) is 15.3. The van der Waals surface area contributed by atoms with Crippen molar-refractivity contribution in [1.29, 1.82) is 5.26 Å². The molecule has 24 heavy (non-hydrogen) atoms. The fourth-order valence-corrected chi connectivity index (χ4v) is 3.30. The van der Waals surface area contributed by atoms with Crippen LogP contribution >= 0.6 is 11.8 Å². The Balaban J connectivity index is 2.11. The van der Waals surface area contributed by atoms with E-state index in [-0.39, 0.29) is 11.7 Å². The molecule has 0 unspecified atom stereocenters. The van der Waals surface area contributed by atoms with Crippen molar-refractivity contribution in [3.05, 3.63) is 52.2 Å². The summed E-state index contributed by atoms with van der Waals surface area (Å²) in [5.74, 6) is 0.129. The number of hydrogen-bond acceptors (Lipinski definition) is 4. The van der Waals surface area contributed by atoms with Gasteiger partial charge < -0.3 is 5.32 Å². The summed E-state index contributed by atoms with van der Waals surface area (Å²) in [5.41, 5.74) is 5.36. The number of thioether (sulfide) groups is 1. The summed E-state index contributed by atoms with van der Waals surface area (Å²) in [6.07, 6.45) is 0.861. The Morgan fingerprint density at radius 3 is 2.62 bits per heavy atom. The summed E-state index contributed by atoms with van der Waals surface area (Å²) in [5, 5.41) is 12.9. The number of para-hydroxylation sites is 1. The Morgan fingerprint density at radius 2 is 1.96 bits per heavy atom. The first-order chi connectivity index (χ1) is 11.5. The largest absolute Gasteiger partial charge is 0.325 e. The van der Waals surface area contributed by atoms with Crippen molar-refractivity contribution in [2.45, 2.75) is 39.1 Å². The van der Waals surface area contributed by atoms with E-state index >= 15 is 0 Å². The lowest BCUT2D eigenvalue weighted by Crippen LogP contribution is -2.15. The van der Waals surface area contributed by atoms with Crippen LogP contribution in [-0.4, -0.2) is 16.6 Å². The quantitative estimate of drug-likeness (QED) is 0.830. The number of pyridine rings is 1. The summed E-state index contributed by atoms with van der Waals surface area (Å²) in [7, 11) is 0. The van der Waals surface area contributed by atoms with Gasteiger partial charge in [0.05, 0.1) is 11.3 Å². The number of rotatable bonds is 5. The second-order valence-electron chi connectivity index (χ2n) is 5.59. The van der Waals surface area contributed by atoms with Gasteiger partial charge in [-0.3, -0.25) is 4.79 Å². The van der Waals surface area contributed by atoms with Gasteiger partial charge in [-0.2, -0.15) is 5.26 Å². The summed E-state index contributed by atoms with van der Waals surface area (Å²) < 4.78 is 0. The minimum Gasteiger partial charge on any atom is -0.325 e. The highest BCUT2D eigenvalue weighted by molar-refractivity contribution is 8.00. The maximum absolute atomic E-state index is 12.2. The molecule has 2 aromatic rings. The van der Waals surface area contributed by atoms with Gasteiger partial charge in [-0.1, -0.05) is 36.9 Å². The molecule has 0 aliphatic carbocycles. The van der Waals surface area contributed by atoms with E-state index in [0.29, 0.717) is 10.6 Å². The summed E-state index contributed by atoms with van der Waals surface area (Å²) in [4.78, 5) is 16.7. The summed E-state index contributed by atoms with van der Waals surface area (Å²) in [6.45, 7) is 7.86. The van der Waals surface area contributed by atoms with E-state index < -0.39 is 0 Å². The van der Waals surface area contributed by atoms with Crippen molar-refractivity contribution in [1.82, 2.24) is 4.98 Å². The molecule has 1 aromatic heterocycles. The normalized spacial score (nSPS) is 10.3. The van der Waals surface area contributed by atoms with Crippen LogP contribution in [0.3, 0.4) is 0 Å². The standard InChI is InChI=1S/C19H21N3OS/c1-5-15-8-6-7-9-17(15)22-18(23)11-24-19-16(10-20)13(3)12(2)14(4)21-19/h6-9H,5,11H2,1-4H3,(H,22,23). The van der Waals surface area contributed by atoms with Gasteiger partial charge in [0.15, 0.2) is 0 Å². The molecule has 0 aliphatic heterocycles. The molecule has 0 saturated heterocycles. The highest BCUT2D eigenvalue weighted by Gasteiger charge is 2.14. The van der Waals surface area contributed by atoms with Gasteiger partial charge in [0.1, 0.15) is 11.1 Å². The number of nitrogens with one attached hydrogen (secondary N) is 1. The van der Waals surface area contributed by atoms with Crippen LogP contribution in [0.1, 0.15) is 34.9 Å². The molecule has 0 fully saturated rings. The van der Waals surface area contributed by atoms with E-state index in [1.54, 1.807) is 0 Å². The molecule has 1 aromatic carbocycles. The number of aromatic nitrogens is 1. The second kappa shape index (κ2) is 7.98. The van der Waals surface area contributed by atoms with Gasteiger partial charge in [0.2, 0.25) is 5.91 Å². The molecule has 124 valence electrons. The predicted octanol–water partition coefficient (Wildman–Crippen LogP) is 4.17. The van der Waals surface area contributed by atoms with Crippen molar-refractivity contribution >= 4 is 23.4 Å². The Kier molecular flexibility index (Phi) is 5.99. The monoisotopic (exact) mass is 339 g/mol. The maximum Gasteiger partial charge on any atom is 0.234 e. The second-order valence-corrected chi connectivity index (χ2v) is 6.55. The number of carbonyl (C=O) groups is 1. The fraction of sp³-hybridized carbons (Fsp3) is 0.316. The third kappa shape index (κ3) is 3.95. The SMILES string of the molecule is CCc1ccccc1NC(=O)CSc1nc(C)c(C)c(C)c1C#N. The lowest BCUT2D eigenvalue weighted by molar-refractivity contribution is -0.113. The first-order valence-electron chi connectivity index (χ1n) is 7.86. The van der Waals surface area contributed by atoms with Crippen molar-refractivity contribution in [3.63, 3.8) is 0 Å². The van der Waals surface area contributed by atoms with E-state index in [2.05, 4.69) is 23.3 Å². The molecule has 0 atom stereocenters. The van der Waals surface area contributed by atoms with Crippen molar-refractivity contribution in [2.75, 3.05) is 11.1 Å². The number of amides is 1. The van der Waals surface area contributed by atoms with Gasteiger partial charge in [0.25, 0.3) is 0 Å². The predicted molar refractivity (Wildman–Crippen MR) is 98.3 cm³/mol. The van der Waals surface area contributed by atoms with E-state index in [1.807, 2.05) is 45.0 Å². The molecule has 5 heteroatoms. The van der Waals surface area contributed by atoms with Crippen LogP contribution in [0.25, 0.3) is 0 Å². The van der Waals surface area contributed by atoms with Gasteiger partial charge in [-0.25, -0.2) is 4.98 Å². The van der Waals surface area contributed by atoms with Crippen LogP contribution in [0, 0.1) is 32.1 Å². The third-order valence-electron chi connectivity index (χ3n) is 4.09. The average molecular weight is 339 g/mol. The molecular formula is C19H21N3OS. The Bertz CT molecular complexity index is 809. The number of anilines is 1. The van der Waals surface area contributed by atoms with Crippen LogP contribution in [-0.2, 0) is 11.2 Å². The van der Waals surface area contributed by atoms with E-state index in [0.717, 1.165) is 34.5 Å². The van der Waals surface area contributed by atoms with Gasteiger partial charge in [-0.15, -0.1) is 0 Å². The van der Waals surface area contributed by atoms with Gasteiger partial charge in [0, 0.05) is 11.4 Å². The molecule has 1 amide bonds. The fourth-order valence-electron chi connectivity index (χ4n) is 2.42. The molecular weight excluding hydrogens is 318 g/mol. The minimum atomic E-state index is -0.0949. The van der Waals surface area contributed by atoms with Crippen LogP contribution in [0.4, 0.5) is 5.69 Å². The van der Waals surface area contributed by atoms with Crippen LogP contribution in [0.2, 0.25) is 0 Å². The first kappa shape index (κ1) is 18.0. The average Bonchev–Trinajstić information content (AvgIpc) is 2.58. The maximum atomic E-state index is 12.2. The zero-order chi connectivity index (χ0) is 17.7. The smallest absolute Gasteiger partial charge is 0.234 e. The van der Waals surface area contributed by atoms with Crippen molar-refractivity contribution in [3.8, 4) is 6.07 Å². The number of benzene rings is 1. The molecule has 0 radical (unpaired) electrons. The number of nitrogens with zero attached hydrogens (tertiary/aromatic N) is 2. The molecule has 4 nitrogen and oxygen atoms in total. The number of hydrogen-bond donors (Lipinski definition) is 1. The number of aryl methyl sites for hydroxylation is 2. The Morgan fingerprint density at radius 1 is 1.25 bits per heavy atom. The van der Waals surface area contributed by atoms with Crippen LogP contribution < -0.4 is 5.32 Å². The Hall–Kier alpha value is -2.32. The van der Waals surface area contributed by atoms with Crippen molar-refractivity contribution < 1.29 is 4.79 Å². The van der Waals surface area contributed by atoms with Crippen LogP contribution in [0.15, 0.2) is 29.3 Å². The van der Waals surface area contributed by atoms with Gasteiger partial charge in [-0.05, 0) is 49.9 Å². The summed E-state index contributed by atoms with van der Waals surface area (Å²) in [6, 6.07) is 9.99. The van der Waals surface area contributed by atoms with E-state index in [4.69, 9.17) is 0 Å².